The fourth-order valence-electron chi connectivity index (χ4n) is 3.51. The monoisotopic (exact) mass is 427 g/mol. The van der Waals surface area contributed by atoms with Crippen LogP contribution in [0.25, 0.3) is 11.4 Å². The number of hydrogen-bond donors (Lipinski definition) is 2. The van der Waals surface area contributed by atoms with Gasteiger partial charge in [-0.2, -0.15) is 4.98 Å². The number of anilines is 1. The van der Waals surface area contributed by atoms with Gasteiger partial charge in [0, 0.05) is 28.9 Å². The number of likely N-dealkylation sites (tertiary alicyclic amines) is 1. The van der Waals surface area contributed by atoms with Gasteiger partial charge in [0.2, 0.25) is 11.7 Å². The molecule has 3 aromatic rings. The second-order valence-corrected chi connectivity index (χ2v) is 7.61. The maximum absolute atomic E-state index is 12.4. The zero-order valence-electron chi connectivity index (χ0n) is 16.6. The van der Waals surface area contributed by atoms with Crippen LogP contribution in [0.5, 0.6) is 5.75 Å². The van der Waals surface area contributed by atoms with Crippen molar-refractivity contribution in [2.75, 3.05) is 26.0 Å². The van der Waals surface area contributed by atoms with Crippen LogP contribution in [0.3, 0.4) is 0 Å². The number of likely N-dealkylation sites (N-methyl/N-ethyl adjacent to an activating group) is 1. The van der Waals surface area contributed by atoms with Gasteiger partial charge >= 0.3 is 6.03 Å². The number of amides is 2. The first-order chi connectivity index (χ1) is 14.5. The van der Waals surface area contributed by atoms with E-state index in [1.54, 1.807) is 43.5 Å². The molecule has 9 heteroatoms. The van der Waals surface area contributed by atoms with E-state index >= 15 is 0 Å². The van der Waals surface area contributed by atoms with E-state index in [0.717, 1.165) is 11.3 Å². The maximum Gasteiger partial charge on any atom is 0.319 e. The lowest BCUT2D eigenvalue weighted by molar-refractivity contribution is 0.243. The normalized spacial score (nSPS) is 18.9. The molecule has 0 bridgehead atoms. The highest BCUT2D eigenvalue weighted by Gasteiger charge is 2.35. The molecule has 1 saturated heterocycles. The molecule has 2 amide bonds. The van der Waals surface area contributed by atoms with E-state index in [9.17, 15) is 4.79 Å². The van der Waals surface area contributed by atoms with Crippen molar-refractivity contribution < 1.29 is 14.1 Å². The molecular weight excluding hydrogens is 406 g/mol. The first-order valence-corrected chi connectivity index (χ1v) is 9.91. The van der Waals surface area contributed by atoms with E-state index in [1.807, 2.05) is 19.2 Å². The third kappa shape index (κ3) is 4.55. The van der Waals surface area contributed by atoms with Gasteiger partial charge in [0.25, 0.3) is 0 Å². The molecule has 2 unspecified atom stereocenters. The minimum Gasteiger partial charge on any atom is -0.497 e. The molecule has 1 fully saturated rings. The lowest BCUT2D eigenvalue weighted by atomic mass is 10.1. The molecule has 4 rings (SSSR count). The van der Waals surface area contributed by atoms with Crippen molar-refractivity contribution >= 4 is 23.3 Å². The van der Waals surface area contributed by atoms with Crippen LogP contribution < -0.4 is 15.4 Å². The Bertz CT molecular complexity index is 1010. The summed E-state index contributed by atoms with van der Waals surface area (Å²) in [4.78, 5) is 19.0. The van der Waals surface area contributed by atoms with Gasteiger partial charge in [0.1, 0.15) is 5.75 Å². The Kier molecular flexibility index (Phi) is 5.87. The summed E-state index contributed by atoms with van der Waals surface area (Å²) in [6.45, 7) is 0.680. The van der Waals surface area contributed by atoms with Crippen LogP contribution in [0.15, 0.2) is 53.1 Å². The third-order valence-electron chi connectivity index (χ3n) is 5.06. The second-order valence-electron chi connectivity index (χ2n) is 7.18. The Hall–Kier alpha value is -3.10. The molecule has 8 nitrogen and oxygen atoms in total. The predicted octanol–water partition coefficient (Wildman–Crippen LogP) is 3.97. The molecule has 30 heavy (non-hydrogen) atoms. The topological polar surface area (TPSA) is 92.5 Å². The van der Waals surface area contributed by atoms with Gasteiger partial charge < -0.3 is 19.9 Å². The summed E-state index contributed by atoms with van der Waals surface area (Å²) in [5.74, 6) is 1.78. The zero-order chi connectivity index (χ0) is 21.1. The van der Waals surface area contributed by atoms with Gasteiger partial charge in [0.05, 0.1) is 13.2 Å². The van der Waals surface area contributed by atoms with Crippen LogP contribution >= 0.6 is 11.6 Å². The van der Waals surface area contributed by atoms with Crippen molar-refractivity contribution in [2.45, 2.75) is 18.5 Å². The van der Waals surface area contributed by atoms with E-state index in [0.29, 0.717) is 35.4 Å². The molecule has 156 valence electrons. The van der Waals surface area contributed by atoms with Gasteiger partial charge in [-0.25, -0.2) is 4.79 Å². The molecule has 2 atom stereocenters. The predicted molar refractivity (Wildman–Crippen MR) is 114 cm³/mol. The minimum atomic E-state index is -0.258. The average molecular weight is 428 g/mol. The standard InChI is InChI=1S/C21H22ClN5O3/c1-27-12-16(24-21(28)23-15-7-9-17(29-2)10-8-15)11-18(27)20-25-19(26-30-20)13-3-5-14(22)6-4-13/h3-10,16,18H,11-12H2,1-2H3,(H2,23,24,28). The quantitative estimate of drug-likeness (QED) is 0.640. The van der Waals surface area contributed by atoms with Crippen molar-refractivity contribution in [3.05, 3.63) is 59.4 Å². The molecule has 0 radical (unpaired) electrons. The SMILES string of the molecule is COc1ccc(NC(=O)NC2CC(c3nc(-c4ccc(Cl)cc4)no3)N(C)C2)cc1. The van der Waals surface area contributed by atoms with Crippen LogP contribution in [0, 0.1) is 0 Å². The highest BCUT2D eigenvalue weighted by atomic mass is 35.5. The largest absolute Gasteiger partial charge is 0.497 e. The van der Waals surface area contributed by atoms with Gasteiger partial charge in [-0.15, -0.1) is 0 Å². The van der Waals surface area contributed by atoms with Crippen molar-refractivity contribution in [1.29, 1.82) is 0 Å². The zero-order valence-corrected chi connectivity index (χ0v) is 17.4. The number of urea groups is 1. The van der Waals surface area contributed by atoms with Crippen LogP contribution in [0.2, 0.25) is 5.02 Å². The number of nitrogens with zero attached hydrogens (tertiary/aromatic N) is 3. The summed E-state index contributed by atoms with van der Waals surface area (Å²) in [5.41, 5.74) is 1.53. The Morgan fingerprint density at radius 3 is 2.63 bits per heavy atom. The summed E-state index contributed by atoms with van der Waals surface area (Å²) in [6.07, 6.45) is 0.675. The summed E-state index contributed by atoms with van der Waals surface area (Å²) < 4.78 is 10.6. The lowest BCUT2D eigenvalue weighted by Crippen LogP contribution is -2.39. The average Bonchev–Trinajstić information content (AvgIpc) is 3.35. The van der Waals surface area contributed by atoms with Crippen LogP contribution in [-0.4, -0.2) is 47.8 Å². The first-order valence-electron chi connectivity index (χ1n) is 9.53. The summed E-state index contributed by atoms with van der Waals surface area (Å²) in [6, 6.07) is 14.1. The van der Waals surface area contributed by atoms with Gasteiger partial charge in [-0.05, 0) is 62.0 Å². The number of benzene rings is 2. The molecule has 2 heterocycles. The minimum absolute atomic E-state index is 0.0378. The van der Waals surface area contributed by atoms with Gasteiger partial charge in [-0.1, -0.05) is 16.8 Å². The van der Waals surface area contributed by atoms with E-state index in [-0.39, 0.29) is 18.1 Å². The Balaban J connectivity index is 1.36. The van der Waals surface area contributed by atoms with Crippen molar-refractivity contribution in [1.82, 2.24) is 20.4 Å². The van der Waals surface area contributed by atoms with Crippen molar-refractivity contribution in [2.24, 2.45) is 0 Å². The third-order valence-corrected chi connectivity index (χ3v) is 5.31. The van der Waals surface area contributed by atoms with E-state index < -0.39 is 0 Å². The fraction of sp³-hybridized carbons (Fsp3) is 0.286. The molecule has 0 saturated carbocycles. The number of halogens is 1. The molecule has 0 aliphatic carbocycles. The summed E-state index contributed by atoms with van der Waals surface area (Å²) in [5, 5.41) is 10.6. The second kappa shape index (κ2) is 8.73. The number of methoxy groups -OCH3 is 1. The molecule has 0 spiro atoms. The highest BCUT2D eigenvalue weighted by molar-refractivity contribution is 6.30. The van der Waals surface area contributed by atoms with Gasteiger partial charge in [-0.3, -0.25) is 4.90 Å². The van der Waals surface area contributed by atoms with E-state index in [1.165, 1.54) is 0 Å². The molecule has 1 aromatic heterocycles. The summed E-state index contributed by atoms with van der Waals surface area (Å²) in [7, 11) is 3.57. The Labute approximate surface area is 179 Å². The van der Waals surface area contributed by atoms with Crippen molar-refractivity contribution in [3.8, 4) is 17.1 Å². The first kappa shape index (κ1) is 20.2. The molecular formula is C21H22ClN5O3. The molecule has 1 aliphatic heterocycles. The molecule has 1 aliphatic rings. The lowest BCUT2D eigenvalue weighted by Gasteiger charge is -2.14. The number of carbonyl (C=O) groups is 1. The van der Waals surface area contributed by atoms with Crippen LogP contribution in [0.1, 0.15) is 18.4 Å². The molecule has 2 N–H and O–H groups in total. The smallest absolute Gasteiger partial charge is 0.319 e. The van der Waals surface area contributed by atoms with E-state index in [2.05, 4.69) is 25.7 Å². The molecule has 2 aromatic carbocycles. The van der Waals surface area contributed by atoms with E-state index in [4.69, 9.17) is 20.9 Å². The number of ether oxygens (including phenoxy) is 1. The number of nitrogens with one attached hydrogen (secondary N) is 2. The number of aromatic nitrogens is 2. The Morgan fingerprint density at radius 2 is 1.93 bits per heavy atom. The Morgan fingerprint density at radius 1 is 1.20 bits per heavy atom. The number of hydrogen-bond acceptors (Lipinski definition) is 6. The number of rotatable bonds is 5. The maximum atomic E-state index is 12.4. The fourth-order valence-corrected chi connectivity index (χ4v) is 3.63. The highest BCUT2D eigenvalue weighted by Crippen LogP contribution is 2.31. The van der Waals surface area contributed by atoms with Crippen LogP contribution in [0.4, 0.5) is 10.5 Å². The summed E-state index contributed by atoms with van der Waals surface area (Å²) >= 11 is 5.93. The van der Waals surface area contributed by atoms with Crippen molar-refractivity contribution in [3.63, 3.8) is 0 Å². The van der Waals surface area contributed by atoms with Gasteiger partial charge in [0.15, 0.2) is 0 Å². The number of carbonyl (C=O) groups excluding carboxylic acids is 1. The van der Waals surface area contributed by atoms with Crippen LogP contribution in [-0.2, 0) is 0 Å².